The zero-order valence-electron chi connectivity index (χ0n) is 20.9. The minimum absolute atomic E-state index is 0.0424. The second-order valence-corrected chi connectivity index (χ2v) is 11.5. The van der Waals surface area contributed by atoms with Gasteiger partial charge in [0.1, 0.15) is 5.82 Å². The Labute approximate surface area is 219 Å². The standard InChI is InChI=1S/C29H32F4N2OS/c1-19-2-4-20(5-3-19)21-8-11-34(12-9-21)15-24-16-35(17-25(24)23-10-13-37-18-23)28(36)22-6-7-26(27(30)14-22)29(31,32)33/h2,4-7,10,13-14,18-19,21,24-25H,3,8-9,11-12,15-17H2,1H3. The van der Waals surface area contributed by atoms with Gasteiger partial charge in [0, 0.05) is 31.1 Å². The van der Waals surface area contributed by atoms with Crippen LogP contribution in [-0.4, -0.2) is 48.4 Å². The predicted octanol–water partition coefficient (Wildman–Crippen LogP) is 7.00. The Morgan fingerprint density at radius 2 is 1.92 bits per heavy atom. The van der Waals surface area contributed by atoms with Crippen molar-refractivity contribution in [1.82, 2.24) is 9.80 Å². The van der Waals surface area contributed by atoms with Crippen LogP contribution >= 0.6 is 11.3 Å². The third-order valence-corrected chi connectivity index (χ3v) is 8.82. The number of allylic oxidation sites excluding steroid dienone is 4. The molecule has 2 aromatic rings. The lowest BCUT2D eigenvalue weighted by atomic mass is 9.84. The van der Waals surface area contributed by atoms with Crippen molar-refractivity contribution < 1.29 is 22.4 Å². The van der Waals surface area contributed by atoms with Crippen molar-refractivity contribution in [3.63, 3.8) is 0 Å². The minimum Gasteiger partial charge on any atom is -0.338 e. The largest absolute Gasteiger partial charge is 0.419 e. The molecule has 1 amide bonds. The molecule has 1 aromatic carbocycles. The van der Waals surface area contributed by atoms with E-state index >= 15 is 0 Å². The summed E-state index contributed by atoms with van der Waals surface area (Å²) in [6, 6.07) is 4.55. The SMILES string of the molecule is CC1C=CC(C2CCN(CC3CN(C(=O)c4ccc(C(F)(F)F)c(F)c4)CC3c3ccsc3)CC2)=CC1. The highest BCUT2D eigenvalue weighted by Gasteiger charge is 2.39. The van der Waals surface area contributed by atoms with Crippen LogP contribution < -0.4 is 0 Å². The summed E-state index contributed by atoms with van der Waals surface area (Å²) in [5.41, 5.74) is 1.26. The van der Waals surface area contributed by atoms with Crippen molar-refractivity contribution in [2.24, 2.45) is 17.8 Å². The van der Waals surface area contributed by atoms with Gasteiger partial charge in [0.05, 0.1) is 5.56 Å². The normalized spacial score (nSPS) is 25.5. The fourth-order valence-corrected chi connectivity index (χ4v) is 6.70. The molecule has 3 aliphatic rings. The van der Waals surface area contributed by atoms with Crippen LogP contribution in [0.4, 0.5) is 17.6 Å². The third-order valence-electron chi connectivity index (χ3n) is 8.12. The molecule has 0 N–H and O–H groups in total. The molecule has 0 saturated carbocycles. The van der Waals surface area contributed by atoms with E-state index in [1.165, 1.54) is 11.1 Å². The number of carbonyl (C=O) groups excluding carboxylic acids is 1. The maximum atomic E-state index is 14.2. The smallest absolute Gasteiger partial charge is 0.338 e. The molecule has 3 atom stereocenters. The van der Waals surface area contributed by atoms with Crippen LogP contribution in [0.1, 0.15) is 53.6 Å². The van der Waals surface area contributed by atoms with Gasteiger partial charge in [-0.3, -0.25) is 4.79 Å². The monoisotopic (exact) mass is 532 g/mol. The summed E-state index contributed by atoms with van der Waals surface area (Å²) in [7, 11) is 0. The van der Waals surface area contributed by atoms with Gasteiger partial charge in [-0.15, -0.1) is 0 Å². The van der Waals surface area contributed by atoms with Gasteiger partial charge in [0.2, 0.25) is 0 Å². The molecule has 0 radical (unpaired) electrons. The number of nitrogens with zero attached hydrogens (tertiary/aromatic N) is 2. The molecule has 1 aliphatic carbocycles. The maximum absolute atomic E-state index is 14.2. The number of piperidine rings is 1. The molecule has 0 spiro atoms. The molecule has 2 saturated heterocycles. The number of halogens is 4. The molecule has 3 heterocycles. The number of benzene rings is 1. The summed E-state index contributed by atoms with van der Waals surface area (Å²) in [4.78, 5) is 17.4. The summed E-state index contributed by atoms with van der Waals surface area (Å²) < 4.78 is 53.1. The zero-order valence-corrected chi connectivity index (χ0v) is 21.7. The number of amides is 1. The van der Waals surface area contributed by atoms with Crippen LogP contribution in [0.25, 0.3) is 0 Å². The number of hydrogen-bond donors (Lipinski definition) is 0. The van der Waals surface area contributed by atoms with Crippen molar-refractivity contribution >= 4 is 17.2 Å². The van der Waals surface area contributed by atoms with Crippen molar-refractivity contribution in [3.8, 4) is 0 Å². The first kappa shape index (κ1) is 26.2. The topological polar surface area (TPSA) is 23.6 Å². The van der Waals surface area contributed by atoms with Crippen LogP contribution in [0.5, 0.6) is 0 Å². The van der Waals surface area contributed by atoms with Gasteiger partial charge in [0.15, 0.2) is 0 Å². The molecule has 0 bridgehead atoms. The van der Waals surface area contributed by atoms with E-state index in [-0.39, 0.29) is 17.4 Å². The first-order chi connectivity index (χ1) is 17.7. The lowest BCUT2D eigenvalue weighted by Crippen LogP contribution is -2.39. The molecule has 37 heavy (non-hydrogen) atoms. The molecular formula is C29H32F4N2OS. The molecule has 8 heteroatoms. The van der Waals surface area contributed by atoms with Crippen molar-refractivity contribution in [2.45, 2.75) is 38.3 Å². The predicted molar refractivity (Wildman–Crippen MR) is 138 cm³/mol. The fourth-order valence-electron chi connectivity index (χ4n) is 5.97. The van der Waals surface area contributed by atoms with E-state index < -0.39 is 23.5 Å². The molecule has 198 valence electrons. The molecule has 3 nitrogen and oxygen atoms in total. The number of rotatable bonds is 5. The Morgan fingerprint density at radius 1 is 1.14 bits per heavy atom. The Morgan fingerprint density at radius 3 is 2.54 bits per heavy atom. The number of carbonyl (C=O) groups is 1. The number of thiophene rings is 1. The highest BCUT2D eigenvalue weighted by atomic mass is 32.1. The molecule has 5 rings (SSSR count). The van der Waals surface area contributed by atoms with Crippen LogP contribution in [0.15, 0.2) is 58.8 Å². The van der Waals surface area contributed by atoms with Crippen LogP contribution in [-0.2, 0) is 6.18 Å². The van der Waals surface area contributed by atoms with Crippen LogP contribution in [0.3, 0.4) is 0 Å². The van der Waals surface area contributed by atoms with E-state index in [2.05, 4.69) is 41.5 Å². The van der Waals surface area contributed by atoms with E-state index in [1.54, 1.807) is 16.2 Å². The van der Waals surface area contributed by atoms with Gasteiger partial charge >= 0.3 is 6.18 Å². The zero-order chi connectivity index (χ0) is 26.2. The second-order valence-electron chi connectivity index (χ2n) is 10.7. The molecular weight excluding hydrogens is 500 g/mol. The van der Waals surface area contributed by atoms with Gasteiger partial charge < -0.3 is 9.80 Å². The first-order valence-electron chi connectivity index (χ1n) is 13.0. The number of hydrogen-bond acceptors (Lipinski definition) is 3. The van der Waals surface area contributed by atoms with Gasteiger partial charge in [-0.25, -0.2) is 4.39 Å². The molecule has 3 unspecified atom stereocenters. The Bertz CT molecular complexity index is 1170. The summed E-state index contributed by atoms with van der Waals surface area (Å²) in [5, 5.41) is 4.14. The van der Waals surface area contributed by atoms with Crippen LogP contribution in [0.2, 0.25) is 0 Å². The summed E-state index contributed by atoms with van der Waals surface area (Å²) >= 11 is 1.62. The lowest BCUT2D eigenvalue weighted by molar-refractivity contribution is -0.140. The second kappa shape index (κ2) is 10.7. The van der Waals surface area contributed by atoms with Crippen molar-refractivity contribution in [2.75, 3.05) is 32.7 Å². The van der Waals surface area contributed by atoms with E-state index in [0.717, 1.165) is 51.0 Å². The Balaban J connectivity index is 1.25. The summed E-state index contributed by atoms with van der Waals surface area (Å²) in [6.45, 7) is 6.11. The van der Waals surface area contributed by atoms with Crippen LogP contribution in [0, 0.1) is 23.6 Å². The quantitative estimate of drug-likeness (QED) is 0.387. The average molecular weight is 533 g/mol. The fraction of sp³-hybridized carbons (Fsp3) is 0.483. The van der Waals surface area contributed by atoms with Crippen molar-refractivity contribution in [1.29, 1.82) is 0 Å². The van der Waals surface area contributed by atoms with Gasteiger partial charge in [-0.2, -0.15) is 24.5 Å². The average Bonchev–Trinajstić information content (AvgIpc) is 3.54. The maximum Gasteiger partial charge on any atom is 0.419 e. The Hall–Kier alpha value is -2.45. The van der Waals surface area contributed by atoms with Crippen molar-refractivity contribution in [3.05, 3.63) is 81.3 Å². The Kier molecular flexibility index (Phi) is 7.59. The summed E-state index contributed by atoms with van der Waals surface area (Å²) in [5.74, 6) is -0.251. The molecule has 1 aromatic heterocycles. The van der Waals surface area contributed by atoms with E-state index in [0.29, 0.717) is 31.0 Å². The first-order valence-corrected chi connectivity index (χ1v) is 13.9. The van der Waals surface area contributed by atoms with E-state index in [9.17, 15) is 22.4 Å². The van der Waals surface area contributed by atoms with Gasteiger partial charge in [0.25, 0.3) is 5.91 Å². The highest BCUT2D eigenvalue weighted by Crippen LogP contribution is 2.37. The lowest BCUT2D eigenvalue weighted by Gasteiger charge is -2.35. The summed E-state index contributed by atoms with van der Waals surface area (Å²) in [6.07, 6.45) is 5.56. The highest BCUT2D eigenvalue weighted by molar-refractivity contribution is 7.08. The van der Waals surface area contributed by atoms with Gasteiger partial charge in [-0.1, -0.05) is 25.2 Å². The molecule has 2 aliphatic heterocycles. The minimum atomic E-state index is -4.79. The number of alkyl halides is 3. The molecule has 2 fully saturated rings. The van der Waals surface area contributed by atoms with E-state index in [1.807, 2.05) is 5.38 Å². The van der Waals surface area contributed by atoms with Gasteiger partial charge in [-0.05, 0) is 96.3 Å². The third kappa shape index (κ3) is 5.85. The van der Waals surface area contributed by atoms with E-state index in [4.69, 9.17) is 0 Å². The number of likely N-dealkylation sites (tertiary alicyclic amines) is 2.